The number of nitrogens with one attached hydrogen (secondary N) is 1. The Morgan fingerprint density at radius 1 is 1.23 bits per heavy atom. The Morgan fingerprint density at radius 3 is 2.77 bits per heavy atom. The molecular formula is C17H18ClNO6S. The first-order valence-electron chi connectivity index (χ1n) is 7.81. The Morgan fingerprint density at radius 2 is 2.00 bits per heavy atom. The molecule has 0 aliphatic carbocycles. The molecule has 0 bridgehead atoms. The zero-order valence-corrected chi connectivity index (χ0v) is 15.5. The van der Waals surface area contributed by atoms with E-state index < -0.39 is 16.1 Å². The molecule has 0 saturated heterocycles. The minimum atomic E-state index is -3.83. The van der Waals surface area contributed by atoms with Crippen molar-refractivity contribution in [1.82, 2.24) is 4.72 Å². The second-order valence-corrected chi connectivity index (χ2v) is 7.78. The average molecular weight is 400 g/mol. The third-order valence-corrected chi connectivity index (χ3v) is 5.62. The molecule has 0 saturated carbocycles. The molecule has 1 atom stereocenters. The normalized spacial score (nSPS) is 14.3. The highest BCUT2D eigenvalue weighted by Crippen LogP contribution is 2.34. The number of aliphatic hydroxyl groups excluding tert-OH is 1. The fourth-order valence-electron chi connectivity index (χ4n) is 2.56. The van der Waals surface area contributed by atoms with Crippen LogP contribution < -0.4 is 18.9 Å². The predicted molar refractivity (Wildman–Crippen MR) is 95.3 cm³/mol. The Bertz CT molecular complexity index is 902. The Labute approximate surface area is 156 Å². The standard InChI is InChI=1S/C17H18ClNO6S/c1-23-15-5-3-12(18)9-17(15)26(21,22)19-7-6-13(20)11-2-4-14-16(8-11)25-10-24-14/h2-5,8-9,13,19-20H,6-7,10H2,1H3. The summed E-state index contributed by atoms with van der Waals surface area (Å²) in [6.07, 6.45) is -0.671. The van der Waals surface area contributed by atoms with Crippen LogP contribution in [0.2, 0.25) is 5.02 Å². The molecule has 0 radical (unpaired) electrons. The molecule has 1 aliphatic heterocycles. The van der Waals surface area contributed by atoms with Crippen molar-refractivity contribution >= 4 is 21.6 Å². The van der Waals surface area contributed by atoms with Gasteiger partial charge in [-0.1, -0.05) is 17.7 Å². The van der Waals surface area contributed by atoms with E-state index in [0.29, 0.717) is 17.1 Å². The number of hydrogen-bond donors (Lipinski definition) is 2. The second-order valence-electron chi connectivity index (χ2n) is 5.61. The molecule has 0 spiro atoms. The van der Waals surface area contributed by atoms with E-state index in [-0.39, 0.29) is 35.4 Å². The fourth-order valence-corrected chi connectivity index (χ4v) is 4.03. The molecule has 9 heteroatoms. The van der Waals surface area contributed by atoms with E-state index in [4.69, 9.17) is 25.8 Å². The minimum Gasteiger partial charge on any atom is -0.495 e. The van der Waals surface area contributed by atoms with Crippen molar-refractivity contribution in [3.05, 3.63) is 47.0 Å². The molecule has 0 fully saturated rings. The summed E-state index contributed by atoms with van der Waals surface area (Å²) in [5.41, 5.74) is 0.619. The highest BCUT2D eigenvalue weighted by Gasteiger charge is 2.21. The second kappa shape index (κ2) is 7.71. The molecule has 1 heterocycles. The van der Waals surface area contributed by atoms with Crippen LogP contribution in [-0.2, 0) is 10.0 Å². The number of fused-ring (bicyclic) bond motifs is 1. The van der Waals surface area contributed by atoms with Gasteiger partial charge in [0.1, 0.15) is 10.6 Å². The number of hydrogen-bond acceptors (Lipinski definition) is 6. The van der Waals surface area contributed by atoms with Crippen molar-refractivity contribution < 1.29 is 27.7 Å². The first-order chi connectivity index (χ1) is 12.4. The van der Waals surface area contributed by atoms with Crippen molar-refractivity contribution in [2.24, 2.45) is 0 Å². The van der Waals surface area contributed by atoms with E-state index in [2.05, 4.69) is 4.72 Å². The molecule has 2 N–H and O–H groups in total. The average Bonchev–Trinajstić information content (AvgIpc) is 3.09. The van der Waals surface area contributed by atoms with Gasteiger partial charge in [-0.3, -0.25) is 0 Å². The van der Waals surface area contributed by atoms with Crippen LogP contribution in [0.15, 0.2) is 41.3 Å². The van der Waals surface area contributed by atoms with Gasteiger partial charge in [-0.2, -0.15) is 0 Å². The van der Waals surface area contributed by atoms with E-state index in [1.54, 1.807) is 24.3 Å². The Kier molecular flexibility index (Phi) is 5.57. The lowest BCUT2D eigenvalue weighted by Crippen LogP contribution is -2.26. The summed E-state index contributed by atoms with van der Waals surface area (Å²) in [5, 5.41) is 10.6. The maximum Gasteiger partial charge on any atom is 0.244 e. The first-order valence-corrected chi connectivity index (χ1v) is 9.67. The van der Waals surface area contributed by atoms with E-state index in [0.717, 1.165) is 0 Å². The Balaban J connectivity index is 1.64. The van der Waals surface area contributed by atoms with Crippen LogP contribution in [0.3, 0.4) is 0 Å². The van der Waals surface area contributed by atoms with Gasteiger partial charge in [0.15, 0.2) is 11.5 Å². The smallest absolute Gasteiger partial charge is 0.244 e. The van der Waals surface area contributed by atoms with Gasteiger partial charge < -0.3 is 19.3 Å². The van der Waals surface area contributed by atoms with Gasteiger partial charge in [-0.25, -0.2) is 13.1 Å². The SMILES string of the molecule is COc1ccc(Cl)cc1S(=O)(=O)NCCC(O)c1ccc2c(c1)OCO2. The van der Waals surface area contributed by atoms with Gasteiger partial charge in [0, 0.05) is 11.6 Å². The lowest BCUT2D eigenvalue weighted by atomic mass is 10.1. The highest BCUT2D eigenvalue weighted by atomic mass is 35.5. The number of aliphatic hydroxyl groups is 1. The molecule has 140 valence electrons. The van der Waals surface area contributed by atoms with Crippen LogP contribution >= 0.6 is 11.6 Å². The van der Waals surface area contributed by atoms with Crippen molar-refractivity contribution in [2.45, 2.75) is 17.4 Å². The quantitative estimate of drug-likeness (QED) is 0.742. The minimum absolute atomic E-state index is 0.0353. The van der Waals surface area contributed by atoms with Gasteiger partial charge in [0.05, 0.1) is 13.2 Å². The lowest BCUT2D eigenvalue weighted by Gasteiger charge is -2.14. The third-order valence-electron chi connectivity index (χ3n) is 3.91. The van der Waals surface area contributed by atoms with Crippen LogP contribution in [0.25, 0.3) is 0 Å². The summed E-state index contributed by atoms with van der Waals surface area (Å²) >= 11 is 5.88. The third kappa shape index (κ3) is 4.04. The van der Waals surface area contributed by atoms with E-state index in [9.17, 15) is 13.5 Å². The van der Waals surface area contributed by atoms with Crippen LogP contribution in [0.4, 0.5) is 0 Å². The van der Waals surface area contributed by atoms with Crippen molar-refractivity contribution in [2.75, 3.05) is 20.4 Å². The highest BCUT2D eigenvalue weighted by molar-refractivity contribution is 7.89. The van der Waals surface area contributed by atoms with Gasteiger partial charge in [-0.05, 0) is 42.3 Å². The lowest BCUT2D eigenvalue weighted by molar-refractivity contribution is 0.166. The molecule has 1 unspecified atom stereocenters. The molecule has 3 rings (SSSR count). The van der Waals surface area contributed by atoms with Crippen LogP contribution in [-0.4, -0.2) is 34.0 Å². The Hall–Kier alpha value is -2.00. The number of rotatable bonds is 7. The van der Waals surface area contributed by atoms with Crippen molar-refractivity contribution in [3.63, 3.8) is 0 Å². The largest absolute Gasteiger partial charge is 0.495 e. The van der Waals surface area contributed by atoms with Gasteiger partial charge in [-0.15, -0.1) is 0 Å². The predicted octanol–water partition coefficient (Wildman–Crippen LogP) is 2.48. The van der Waals surface area contributed by atoms with Crippen LogP contribution in [0.5, 0.6) is 17.2 Å². The van der Waals surface area contributed by atoms with E-state index >= 15 is 0 Å². The van der Waals surface area contributed by atoms with Gasteiger partial charge >= 0.3 is 0 Å². The van der Waals surface area contributed by atoms with E-state index in [1.165, 1.54) is 19.2 Å². The molecule has 0 amide bonds. The number of ether oxygens (including phenoxy) is 3. The van der Waals surface area contributed by atoms with Crippen molar-refractivity contribution in [1.29, 1.82) is 0 Å². The molecular weight excluding hydrogens is 382 g/mol. The maximum atomic E-state index is 12.5. The fraction of sp³-hybridized carbons (Fsp3) is 0.294. The monoisotopic (exact) mass is 399 g/mol. The summed E-state index contributed by atoms with van der Waals surface area (Å²) in [4.78, 5) is -0.0509. The summed E-state index contributed by atoms with van der Waals surface area (Å²) in [7, 11) is -2.45. The summed E-state index contributed by atoms with van der Waals surface area (Å²) in [6.45, 7) is 0.184. The molecule has 1 aliphatic rings. The van der Waals surface area contributed by atoms with Crippen LogP contribution in [0.1, 0.15) is 18.1 Å². The first kappa shape index (κ1) is 18.8. The summed E-state index contributed by atoms with van der Waals surface area (Å²) in [6, 6.07) is 9.45. The molecule has 26 heavy (non-hydrogen) atoms. The zero-order chi connectivity index (χ0) is 18.7. The number of sulfonamides is 1. The number of methoxy groups -OCH3 is 1. The zero-order valence-electron chi connectivity index (χ0n) is 13.9. The summed E-state index contributed by atoms with van der Waals surface area (Å²) < 4.78 is 42.9. The van der Waals surface area contributed by atoms with Gasteiger partial charge in [0.2, 0.25) is 16.8 Å². The molecule has 2 aromatic rings. The molecule has 2 aromatic carbocycles. The summed E-state index contributed by atoms with van der Waals surface area (Å²) in [5.74, 6) is 1.37. The van der Waals surface area contributed by atoms with Crippen LogP contribution in [0, 0.1) is 0 Å². The maximum absolute atomic E-state index is 12.5. The molecule has 0 aromatic heterocycles. The number of halogens is 1. The molecule has 7 nitrogen and oxygen atoms in total. The topological polar surface area (TPSA) is 94.1 Å². The van der Waals surface area contributed by atoms with E-state index in [1.807, 2.05) is 0 Å². The van der Waals surface area contributed by atoms with Crippen molar-refractivity contribution in [3.8, 4) is 17.2 Å². The van der Waals surface area contributed by atoms with Gasteiger partial charge in [0.25, 0.3) is 0 Å². The number of benzene rings is 2.